The van der Waals surface area contributed by atoms with Crippen molar-refractivity contribution in [1.82, 2.24) is 0 Å². The Labute approximate surface area is 140 Å². The van der Waals surface area contributed by atoms with Crippen LogP contribution in [0.5, 0.6) is 0 Å². The van der Waals surface area contributed by atoms with Crippen molar-refractivity contribution in [3.63, 3.8) is 0 Å². The molecule has 1 nitrogen and oxygen atoms in total. The first-order valence-corrected chi connectivity index (χ1v) is 11.9. The molecule has 2 heteroatoms. The third kappa shape index (κ3) is 5.70. The van der Waals surface area contributed by atoms with E-state index < -0.39 is 8.32 Å². The number of hydrogen-bond acceptors (Lipinski definition) is 1. The molecular formula is C20H38OSi. The Morgan fingerprint density at radius 2 is 1.73 bits per heavy atom. The number of rotatable bonds is 3. The maximum atomic E-state index is 6.81. The maximum absolute atomic E-state index is 6.81. The van der Waals surface area contributed by atoms with Crippen LogP contribution in [0.4, 0.5) is 0 Å². The van der Waals surface area contributed by atoms with Crippen LogP contribution < -0.4 is 0 Å². The van der Waals surface area contributed by atoms with Crippen molar-refractivity contribution in [3.05, 3.63) is 24.3 Å². The van der Waals surface area contributed by atoms with Crippen LogP contribution in [0, 0.1) is 11.8 Å². The third-order valence-corrected chi connectivity index (χ3v) is 10.1. The molecule has 128 valence electrons. The van der Waals surface area contributed by atoms with Gasteiger partial charge < -0.3 is 4.43 Å². The average molecular weight is 323 g/mol. The van der Waals surface area contributed by atoms with Crippen molar-refractivity contribution in [2.45, 2.75) is 91.0 Å². The van der Waals surface area contributed by atoms with Crippen molar-refractivity contribution >= 4 is 8.32 Å². The van der Waals surface area contributed by atoms with E-state index >= 15 is 0 Å². The van der Waals surface area contributed by atoms with Gasteiger partial charge in [0.05, 0.1) is 5.60 Å². The number of hydrogen-bond donors (Lipinski definition) is 0. The largest absolute Gasteiger partial charge is 0.408 e. The van der Waals surface area contributed by atoms with Crippen molar-refractivity contribution < 1.29 is 4.43 Å². The van der Waals surface area contributed by atoms with Crippen molar-refractivity contribution in [2.24, 2.45) is 11.8 Å². The Bertz CT molecular complexity index is 400. The van der Waals surface area contributed by atoms with Gasteiger partial charge in [-0.25, -0.2) is 0 Å². The zero-order valence-corrected chi connectivity index (χ0v) is 17.2. The SMILES string of the molecule is CC(C)[C@@H]1/C=C\[C@@](C)(O[Si](C)(C)C(C)(C)C)CC/C=C\CC1. The van der Waals surface area contributed by atoms with Gasteiger partial charge in [0, 0.05) is 0 Å². The van der Waals surface area contributed by atoms with Gasteiger partial charge in [0.1, 0.15) is 0 Å². The minimum absolute atomic E-state index is 0.127. The fraction of sp³-hybridized carbons (Fsp3) is 0.800. The summed E-state index contributed by atoms with van der Waals surface area (Å²) in [6.07, 6.45) is 14.2. The molecule has 0 saturated heterocycles. The van der Waals surface area contributed by atoms with E-state index in [2.05, 4.69) is 78.9 Å². The molecule has 0 aliphatic heterocycles. The first-order valence-electron chi connectivity index (χ1n) is 9.01. The zero-order valence-electron chi connectivity index (χ0n) is 16.2. The lowest BCUT2D eigenvalue weighted by atomic mass is 9.87. The molecule has 0 aromatic carbocycles. The highest BCUT2D eigenvalue weighted by atomic mass is 28.4. The summed E-state index contributed by atoms with van der Waals surface area (Å²) in [6.45, 7) is 18.6. The molecule has 2 atom stereocenters. The zero-order chi connectivity index (χ0) is 17.0. The molecule has 0 amide bonds. The summed E-state index contributed by atoms with van der Waals surface area (Å²) in [7, 11) is -1.76. The second-order valence-electron chi connectivity index (χ2n) is 9.03. The summed E-state index contributed by atoms with van der Waals surface area (Å²) in [5.74, 6) is 1.35. The van der Waals surface area contributed by atoms with Gasteiger partial charge in [-0.15, -0.1) is 0 Å². The summed E-state index contributed by atoms with van der Waals surface area (Å²) in [6, 6.07) is 0. The van der Waals surface area contributed by atoms with Crippen LogP contribution in [0.25, 0.3) is 0 Å². The van der Waals surface area contributed by atoms with Gasteiger partial charge in [0.2, 0.25) is 0 Å². The van der Waals surface area contributed by atoms with E-state index in [0.717, 1.165) is 12.8 Å². The van der Waals surface area contributed by atoms with Crippen molar-refractivity contribution in [1.29, 1.82) is 0 Å². The van der Waals surface area contributed by atoms with Crippen LogP contribution in [-0.4, -0.2) is 13.9 Å². The Morgan fingerprint density at radius 1 is 1.14 bits per heavy atom. The van der Waals surface area contributed by atoms with Crippen LogP contribution in [0.1, 0.15) is 67.2 Å². The molecule has 0 N–H and O–H groups in total. The van der Waals surface area contributed by atoms with Crippen LogP contribution >= 0.6 is 0 Å². The summed E-state index contributed by atoms with van der Waals surface area (Å²) in [5, 5.41) is 0.256. The smallest absolute Gasteiger partial charge is 0.193 e. The van der Waals surface area contributed by atoms with Gasteiger partial charge in [-0.1, -0.05) is 58.9 Å². The predicted molar refractivity (Wildman–Crippen MR) is 102 cm³/mol. The molecule has 0 unspecified atom stereocenters. The summed E-state index contributed by atoms with van der Waals surface area (Å²) in [5.41, 5.74) is -0.127. The highest BCUT2D eigenvalue weighted by Gasteiger charge is 2.42. The van der Waals surface area contributed by atoms with Gasteiger partial charge in [-0.2, -0.15) is 0 Å². The lowest BCUT2D eigenvalue weighted by molar-refractivity contribution is 0.112. The number of allylic oxidation sites excluding steroid dienone is 3. The molecule has 0 spiro atoms. The van der Waals surface area contributed by atoms with E-state index in [0.29, 0.717) is 11.8 Å². The van der Waals surface area contributed by atoms with Gasteiger partial charge in [0.25, 0.3) is 0 Å². The summed E-state index contributed by atoms with van der Waals surface area (Å²) in [4.78, 5) is 0. The molecular weight excluding hydrogens is 284 g/mol. The molecule has 0 fully saturated rings. The van der Waals surface area contributed by atoms with E-state index in [1.54, 1.807) is 0 Å². The second kappa shape index (κ2) is 7.48. The quantitative estimate of drug-likeness (QED) is 0.413. The molecule has 0 radical (unpaired) electrons. The monoisotopic (exact) mass is 322 g/mol. The normalized spacial score (nSPS) is 31.0. The van der Waals surface area contributed by atoms with Gasteiger partial charge in [-0.3, -0.25) is 0 Å². The van der Waals surface area contributed by atoms with Gasteiger partial charge in [0.15, 0.2) is 8.32 Å². The maximum Gasteiger partial charge on any atom is 0.193 e. The molecule has 0 saturated carbocycles. The van der Waals surface area contributed by atoms with Crippen LogP contribution in [0.2, 0.25) is 18.1 Å². The average Bonchev–Trinajstić information content (AvgIpc) is 2.34. The predicted octanol–water partition coefficient (Wildman–Crippen LogP) is 6.73. The first-order chi connectivity index (χ1) is 9.97. The first kappa shape index (κ1) is 19.7. The molecule has 0 heterocycles. The molecule has 0 bridgehead atoms. The second-order valence-corrected chi connectivity index (χ2v) is 13.8. The Hall–Kier alpha value is -0.343. The standard InChI is InChI=1S/C20H38OSi/c1-17(2)18-13-11-9-10-12-15-20(6,16-14-18)21-22(7,8)19(3,4)5/h9-10,14,16-18H,11-13,15H2,1-8H3/b10-9-,16-14-/t18-,20-/m0/s1. The van der Waals surface area contributed by atoms with E-state index in [-0.39, 0.29) is 10.6 Å². The molecule has 1 aliphatic carbocycles. The van der Waals surface area contributed by atoms with Crippen LogP contribution in [0.15, 0.2) is 24.3 Å². The minimum Gasteiger partial charge on any atom is -0.408 e. The fourth-order valence-electron chi connectivity index (χ4n) is 2.78. The van der Waals surface area contributed by atoms with Gasteiger partial charge in [-0.05, 0) is 62.6 Å². The molecule has 0 aromatic heterocycles. The molecule has 22 heavy (non-hydrogen) atoms. The van der Waals surface area contributed by atoms with E-state index in [4.69, 9.17) is 4.43 Å². The van der Waals surface area contributed by atoms with E-state index in [9.17, 15) is 0 Å². The lowest BCUT2D eigenvalue weighted by Gasteiger charge is -2.43. The van der Waals surface area contributed by atoms with Gasteiger partial charge >= 0.3 is 0 Å². The van der Waals surface area contributed by atoms with Crippen molar-refractivity contribution in [3.8, 4) is 0 Å². The highest BCUT2D eigenvalue weighted by Crippen LogP contribution is 2.41. The van der Waals surface area contributed by atoms with Crippen LogP contribution in [-0.2, 0) is 4.43 Å². The van der Waals surface area contributed by atoms with E-state index in [1.807, 2.05) is 0 Å². The summed E-state index contributed by atoms with van der Waals surface area (Å²) < 4.78 is 6.81. The van der Waals surface area contributed by atoms with Crippen molar-refractivity contribution in [2.75, 3.05) is 0 Å². The van der Waals surface area contributed by atoms with E-state index in [1.165, 1.54) is 12.8 Å². The lowest BCUT2D eigenvalue weighted by Crippen LogP contribution is -2.48. The summed E-state index contributed by atoms with van der Waals surface area (Å²) >= 11 is 0. The third-order valence-electron chi connectivity index (χ3n) is 5.49. The fourth-order valence-corrected chi connectivity index (χ4v) is 4.42. The Balaban J connectivity index is 3.00. The molecule has 0 aromatic rings. The van der Waals surface area contributed by atoms with Crippen LogP contribution in [0.3, 0.4) is 0 Å². The Morgan fingerprint density at radius 3 is 2.27 bits per heavy atom. The molecule has 1 aliphatic rings. The Kier molecular flexibility index (Phi) is 6.70. The molecule has 1 rings (SSSR count). The topological polar surface area (TPSA) is 9.23 Å². The highest BCUT2D eigenvalue weighted by molar-refractivity contribution is 6.74. The minimum atomic E-state index is -1.76.